The molecule has 13 heavy (non-hydrogen) atoms. The molecule has 3 heteroatoms. The molecule has 0 aliphatic carbocycles. The quantitative estimate of drug-likeness (QED) is 0.632. The van der Waals surface area contributed by atoms with E-state index in [1.807, 2.05) is 25.1 Å². The first-order valence-electron chi connectivity index (χ1n) is 4.17. The molecule has 66 valence electrons. The van der Waals surface area contributed by atoms with E-state index < -0.39 is 0 Å². The van der Waals surface area contributed by atoms with E-state index in [4.69, 9.17) is 5.73 Å². The van der Waals surface area contributed by atoms with Gasteiger partial charge in [-0.1, -0.05) is 6.07 Å². The zero-order valence-corrected chi connectivity index (χ0v) is 7.32. The monoisotopic (exact) mass is 174 g/mol. The van der Waals surface area contributed by atoms with Gasteiger partial charge in [-0.2, -0.15) is 0 Å². The van der Waals surface area contributed by atoms with Crippen LogP contribution in [0.25, 0.3) is 6.08 Å². The zero-order valence-electron chi connectivity index (χ0n) is 7.32. The van der Waals surface area contributed by atoms with E-state index in [9.17, 15) is 4.79 Å². The zero-order chi connectivity index (χ0) is 9.42. The predicted molar refractivity (Wildman–Crippen MR) is 49.3 cm³/mol. The van der Waals surface area contributed by atoms with Gasteiger partial charge in [0, 0.05) is 17.3 Å². The lowest BCUT2D eigenvalue weighted by atomic mass is 10.1. The van der Waals surface area contributed by atoms with E-state index in [-0.39, 0.29) is 11.9 Å². The van der Waals surface area contributed by atoms with Crippen molar-refractivity contribution in [2.45, 2.75) is 13.0 Å². The second-order valence-electron chi connectivity index (χ2n) is 3.20. The minimum atomic E-state index is -0.183. The molecule has 3 nitrogen and oxygen atoms in total. The van der Waals surface area contributed by atoms with Crippen LogP contribution in [0.1, 0.15) is 18.5 Å². The largest absolute Gasteiger partial charge is 0.324 e. The van der Waals surface area contributed by atoms with Crippen LogP contribution in [0.4, 0.5) is 0 Å². The van der Waals surface area contributed by atoms with Crippen LogP contribution in [-0.4, -0.2) is 5.91 Å². The van der Waals surface area contributed by atoms with Gasteiger partial charge in [0.1, 0.15) is 0 Å². The third-order valence-corrected chi connectivity index (χ3v) is 2.09. The Balaban J connectivity index is 2.66. The van der Waals surface area contributed by atoms with Crippen molar-refractivity contribution in [2.24, 2.45) is 10.7 Å². The number of benzene rings is 1. The lowest BCUT2D eigenvalue weighted by Crippen LogP contribution is -2.22. The molecule has 1 aromatic carbocycles. The third kappa shape index (κ3) is 1.38. The Morgan fingerprint density at radius 2 is 2.23 bits per heavy atom. The maximum Gasteiger partial charge on any atom is 0.270 e. The molecular formula is C10H10N2O. The molecule has 1 amide bonds. The van der Waals surface area contributed by atoms with Gasteiger partial charge in [-0.15, -0.1) is 0 Å². The predicted octanol–water partition coefficient (Wildman–Crippen LogP) is -0.353. The highest BCUT2D eigenvalue weighted by Crippen LogP contribution is 2.04. The summed E-state index contributed by atoms with van der Waals surface area (Å²) in [4.78, 5) is 14.7. The van der Waals surface area contributed by atoms with Crippen LogP contribution >= 0.6 is 0 Å². The maximum atomic E-state index is 10.9. The fraction of sp³-hybridized carbons (Fsp3) is 0.200. The normalized spacial score (nSPS) is 16.0. The molecule has 0 radical (unpaired) electrons. The molecule has 1 atom stereocenters. The number of rotatable bonds is 1. The SMILES string of the molecule is CC(N)c1ccc2c(c1)=CC(=O)N=2. The highest BCUT2D eigenvalue weighted by atomic mass is 16.1. The summed E-state index contributed by atoms with van der Waals surface area (Å²) in [5.41, 5.74) is 6.74. The lowest BCUT2D eigenvalue weighted by molar-refractivity contribution is -0.112. The fourth-order valence-electron chi connectivity index (χ4n) is 1.36. The van der Waals surface area contributed by atoms with Gasteiger partial charge in [0.05, 0.1) is 5.36 Å². The summed E-state index contributed by atoms with van der Waals surface area (Å²) in [5, 5.41) is 1.62. The van der Waals surface area contributed by atoms with Gasteiger partial charge >= 0.3 is 0 Å². The Hall–Kier alpha value is -1.48. The van der Waals surface area contributed by atoms with Crippen LogP contribution in [-0.2, 0) is 4.79 Å². The van der Waals surface area contributed by atoms with Gasteiger partial charge < -0.3 is 5.73 Å². The van der Waals surface area contributed by atoms with Gasteiger partial charge in [0.25, 0.3) is 5.91 Å². The van der Waals surface area contributed by atoms with Crippen LogP contribution in [0.2, 0.25) is 0 Å². The minimum absolute atomic E-state index is 0.00518. The molecule has 2 rings (SSSR count). The Morgan fingerprint density at radius 3 is 2.92 bits per heavy atom. The van der Waals surface area contributed by atoms with Gasteiger partial charge in [-0.05, 0) is 24.6 Å². The number of nitrogens with zero attached hydrogens (tertiary/aromatic N) is 1. The summed E-state index contributed by atoms with van der Waals surface area (Å²) in [7, 11) is 0. The van der Waals surface area contributed by atoms with E-state index in [0.717, 1.165) is 16.1 Å². The Morgan fingerprint density at radius 1 is 1.46 bits per heavy atom. The number of amides is 1. The topological polar surface area (TPSA) is 55.5 Å². The molecule has 1 unspecified atom stereocenters. The molecule has 0 saturated heterocycles. The highest BCUT2D eigenvalue weighted by Gasteiger charge is 2.05. The molecule has 0 saturated carbocycles. The second-order valence-corrected chi connectivity index (χ2v) is 3.20. The summed E-state index contributed by atoms with van der Waals surface area (Å²) >= 11 is 0. The molecular weight excluding hydrogens is 164 g/mol. The van der Waals surface area contributed by atoms with Crippen molar-refractivity contribution in [2.75, 3.05) is 0 Å². The van der Waals surface area contributed by atoms with Gasteiger partial charge in [0.15, 0.2) is 0 Å². The summed E-state index contributed by atoms with van der Waals surface area (Å²) in [6, 6.07) is 5.64. The Labute approximate surface area is 75.6 Å². The van der Waals surface area contributed by atoms with Crippen molar-refractivity contribution in [3.63, 3.8) is 0 Å². The first kappa shape index (κ1) is 8.13. The molecule has 1 aliphatic heterocycles. The molecule has 1 aromatic rings. The Bertz CT molecular complexity index is 474. The maximum absolute atomic E-state index is 10.9. The van der Waals surface area contributed by atoms with Crippen LogP contribution in [0.15, 0.2) is 23.2 Å². The Kier molecular flexibility index (Phi) is 1.74. The summed E-state index contributed by atoms with van der Waals surface area (Å²) in [5.74, 6) is -0.183. The van der Waals surface area contributed by atoms with Crippen molar-refractivity contribution >= 4 is 12.0 Å². The first-order valence-corrected chi connectivity index (χ1v) is 4.17. The number of hydrogen-bond donors (Lipinski definition) is 1. The van der Waals surface area contributed by atoms with Crippen molar-refractivity contribution in [3.05, 3.63) is 34.3 Å². The third-order valence-electron chi connectivity index (χ3n) is 2.09. The summed E-state index contributed by atoms with van der Waals surface area (Å²) < 4.78 is 0. The van der Waals surface area contributed by atoms with Crippen LogP contribution in [0, 0.1) is 0 Å². The molecule has 0 spiro atoms. The van der Waals surface area contributed by atoms with E-state index in [2.05, 4.69) is 4.99 Å². The molecule has 0 bridgehead atoms. The van der Waals surface area contributed by atoms with Gasteiger partial charge in [-0.3, -0.25) is 4.79 Å². The van der Waals surface area contributed by atoms with Gasteiger partial charge in [0.2, 0.25) is 0 Å². The highest BCUT2D eigenvalue weighted by molar-refractivity contribution is 6.06. The van der Waals surface area contributed by atoms with E-state index >= 15 is 0 Å². The van der Waals surface area contributed by atoms with Crippen molar-refractivity contribution in [3.8, 4) is 0 Å². The lowest BCUT2D eigenvalue weighted by Gasteiger charge is -2.03. The molecule has 1 heterocycles. The summed E-state index contributed by atoms with van der Waals surface area (Å²) in [6.45, 7) is 1.91. The standard InChI is InChI=1S/C10H10N2O/c1-6(11)7-2-3-9-8(4-7)5-10(13)12-9/h2-6H,11H2,1H3. The van der Waals surface area contributed by atoms with E-state index in [0.29, 0.717) is 0 Å². The van der Waals surface area contributed by atoms with Crippen LogP contribution < -0.4 is 16.3 Å². The fourth-order valence-corrected chi connectivity index (χ4v) is 1.36. The smallest absolute Gasteiger partial charge is 0.270 e. The van der Waals surface area contributed by atoms with Gasteiger partial charge in [-0.25, -0.2) is 4.99 Å². The van der Waals surface area contributed by atoms with Crippen molar-refractivity contribution < 1.29 is 4.79 Å². The molecule has 1 aliphatic rings. The number of carbonyl (C=O) groups excluding carboxylic acids is 1. The molecule has 0 aromatic heterocycles. The number of carbonyl (C=O) groups is 1. The van der Waals surface area contributed by atoms with Crippen molar-refractivity contribution in [1.29, 1.82) is 0 Å². The molecule has 2 N–H and O–H groups in total. The summed E-state index contributed by atoms with van der Waals surface area (Å²) in [6.07, 6.45) is 1.53. The average Bonchev–Trinajstić information content (AvgIpc) is 2.42. The second kappa shape index (κ2) is 2.78. The van der Waals surface area contributed by atoms with Crippen molar-refractivity contribution in [1.82, 2.24) is 0 Å². The van der Waals surface area contributed by atoms with E-state index in [1.165, 1.54) is 6.08 Å². The average molecular weight is 174 g/mol. The van der Waals surface area contributed by atoms with E-state index in [1.54, 1.807) is 0 Å². The first-order chi connectivity index (χ1) is 6.16. The van der Waals surface area contributed by atoms with Crippen LogP contribution in [0.5, 0.6) is 0 Å². The minimum Gasteiger partial charge on any atom is -0.324 e. The number of nitrogens with two attached hydrogens (primary N) is 1. The van der Waals surface area contributed by atoms with Crippen LogP contribution in [0.3, 0.4) is 0 Å². The molecule has 0 fully saturated rings. The number of fused-ring (bicyclic) bond motifs is 1. The number of hydrogen-bond acceptors (Lipinski definition) is 2.